The Morgan fingerprint density at radius 3 is 2.37 bits per heavy atom. The van der Waals surface area contributed by atoms with E-state index in [9.17, 15) is 9.59 Å². The summed E-state index contributed by atoms with van der Waals surface area (Å²) in [6, 6.07) is 3.62. The van der Waals surface area contributed by atoms with Gasteiger partial charge in [0.15, 0.2) is 0 Å². The van der Waals surface area contributed by atoms with E-state index in [1.54, 1.807) is 39.4 Å². The van der Waals surface area contributed by atoms with E-state index in [2.05, 4.69) is 20.3 Å². The van der Waals surface area contributed by atoms with E-state index < -0.39 is 23.4 Å². The van der Waals surface area contributed by atoms with Crippen LogP contribution in [0.2, 0.25) is 5.02 Å². The molecule has 2 aromatic heterocycles. The van der Waals surface area contributed by atoms with Crippen molar-refractivity contribution in [2.75, 3.05) is 24.6 Å². The molecule has 0 radical (unpaired) electrons. The minimum absolute atomic E-state index is 0.0935. The molecule has 2 saturated heterocycles. The summed E-state index contributed by atoms with van der Waals surface area (Å²) in [5.41, 5.74) is -0.898. The number of halogens is 1. The SMILES string of the molecule is C[C@@H]1OCC2(CCN(c3cnc(Sc4ccc5cnn(C(=O)OC(C)(C)C)c5c4Cl)cn3)CC2)[C@@H]1NC(=O)OC(C)(C)C. The maximum absolute atomic E-state index is 12.7. The molecule has 0 aliphatic carbocycles. The first kappa shape index (κ1) is 31.3. The van der Waals surface area contributed by atoms with Crippen molar-refractivity contribution in [2.45, 2.75) is 94.6 Å². The van der Waals surface area contributed by atoms with Gasteiger partial charge in [-0.25, -0.2) is 19.6 Å². The Labute approximate surface area is 261 Å². The summed E-state index contributed by atoms with van der Waals surface area (Å²) in [7, 11) is 0. The molecule has 11 nitrogen and oxygen atoms in total. The zero-order valence-electron chi connectivity index (χ0n) is 25.6. The predicted octanol–water partition coefficient (Wildman–Crippen LogP) is 6.31. The van der Waals surface area contributed by atoms with E-state index in [1.165, 1.54) is 16.4 Å². The Bertz CT molecular complexity index is 1490. The van der Waals surface area contributed by atoms with Gasteiger partial charge in [-0.2, -0.15) is 9.78 Å². The fourth-order valence-electron chi connectivity index (χ4n) is 5.54. The van der Waals surface area contributed by atoms with Crippen LogP contribution in [0.15, 0.2) is 40.6 Å². The fraction of sp³-hybridized carbons (Fsp3) is 0.567. The molecule has 2 fully saturated rings. The number of piperidine rings is 1. The van der Waals surface area contributed by atoms with Crippen LogP contribution in [0.5, 0.6) is 0 Å². The topological polar surface area (TPSA) is 121 Å². The van der Waals surface area contributed by atoms with Gasteiger partial charge >= 0.3 is 12.2 Å². The zero-order chi connectivity index (χ0) is 31.2. The van der Waals surface area contributed by atoms with E-state index in [1.807, 2.05) is 39.8 Å². The van der Waals surface area contributed by atoms with Crippen LogP contribution in [0, 0.1) is 5.41 Å². The second-order valence-corrected chi connectivity index (χ2v) is 14.6. The van der Waals surface area contributed by atoms with Crippen LogP contribution in [0.4, 0.5) is 15.4 Å². The molecular weight excluding hydrogens is 592 g/mol. The first-order chi connectivity index (χ1) is 20.1. The molecule has 5 rings (SSSR count). The summed E-state index contributed by atoms with van der Waals surface area (Å²) < 4.78 is 18.2. The van der Waals surface area contributed by atoms with Crippen LogP contribution in [0.3, 0.4) is 0 Å². The lowest BCUT2D eigenvalue weighted by molar-refractivity contribution is 0.0433. The number of hydrogen-bond acceptors (Lipinski definition) is 10. The number of carbonyl (C=O) groups is 2. The van der Waals surface area contributed by atoms with Gasteiger partial charge in [0.25, 0.3) is 0 Å². The molecule has 13 heteroatoms. The molecule has 3 aromatic rings. The Balaban J connectivity index is 1.24. The zero-order valence-corrected chi connectivity index (χ0v) is 27.2. The van der Waals surface area contributed by atoms with Gasteiger partial charge in [-0.05, 0) is 73.4 Å². The number of fused-ring (bicyclic) bond motifs is 1. The van der Waals surface area contributed by atoms with E-state index >= 15 is 0 Å². The Morgan fingerprint density at radius 2 is 1.74 bits per heavy atom. The van der Waals surface area contributed by atoms with E-state index in [0.717, 1.165) is 42.0 Å². The number of anilines is 1. The van der Waals surface area contributed by atoms with Crippen molar-refractivity contribution in [2.24, 2.45) is 5.41 Å². The number of ether oxygens (including phenoxy) is 3. The predicted molar refractivity (Wildman–Crippen MR) is 165 cm³/mol. The van der Waals surface area contributed by atoms with Gasteiger partial charge in [0.05, 0.1) is 42.4 Å². The third-order valence-corrected chi connectivity index (χ3v) is 9.02. The van der Waals surface area contributed by atoms with Gasteiger partial charge in [-0.15, -0.1) is 0 Å². The maximum atomic E-state index is 12.7. The van der Waals surface area contributed by atoms with E-state index in [4.69, 9.17) is 30.8 Å². The summed E-state index contributed by atoms with van der Waals surface area (Å²) in [6.45, 7) is 15.1. The minimum Gasteiger partial charge on any atom is -0.444 e. The van der Waals surface area contributed by atoms with Crippen molar-refractivity contribution in [3.63, 3.8) is 0 Å². The minimum atomic E-state index is -0.664. The monoisotopic (exact) mass is 630 g/mol. The van der Waals surface area contributed by atoms with Crippen LogP contribution >= 0.6 is 23.4 Å². The number of amides is 1. The van der Waals surface area contributed by atoms with Crippen molar-refractivity contribution in [3.05, 3.63) is 35.7 Å². The highest BCUT2D eigenvalue weighted by atomic mass is 35.5. The Hall–Kier alpha value is -3.09. The van der Waals surface area contributed by atoms with E-state index in [-0.39, 0.29) is 17.6 Å². The van der Waals surface area contributed by atoms with Crippen molar-refractivity contribution in [3.8, 4) is 0 Å². The molecule has 1 N–H and O–H groups in total. The average molecular weight is 631 g/mol. The standard InChI is InChI=1S/C30H39ClN6O5S/c1-18-25(35-26(38)41-28(2,3)4)30(17-40-18)10-12-36(13-11-30)21-15-33-22(16-32-21)43-20-9-8-19-14-34-37(24(19)23(20)31)27(39)42-29(5,6)7/h8-9,14-16,18,25H,10-13,17H2,1-7H3,(H,35,38)/t18-,25+/m0/s1. The summed E-state index contributed by atoms with van der Waals surface area (Å²) >= 11 is 8.12. The molecular formula is C30H39ClN6O5S. The number of nitrogens with zero attached hydrogens (tertiary/aromatic N) is 5. The second-order valence-electron chi connectivity index (χ2n) is 13.2. The molecule has 0 unspecified atom stereocenters. The van der Waals surface area contributed by atoms with Crippen LogP contribution in [-0.4, -0.2) is 75.0 Å². The summed E-state index contributed by atoms with van der Waals surface area (Å²) in [6.07, 6.45) is 5.67. The molecule has 1 amide bonds. The number of carbonyl (C=O) groups excluding carboxylic acids is 2. The molecule has 0 saturated carbocycles. The lowest BCUT2D eigenvalue weighted by Crippen LogP contribution is -2.55. The maximum Gasteiger partial charge on any atom is 0.435 e. The number of benzene rings is 1. The molecule has 2 aliphatic heterocycles. The lowest BCUT2D eigenvalue weighted by Gasteiger charge is -2.42. The van der Waals surface area contributed by atoms with Gasteiger partial charge in [-0.3, -0.25) is 0 Å². The van der Waals surface area contributed by atoms with Gasteiger partial charge in [0.2, 0.25) is 0 Å². The molecule has 2 atom stereocenters. The van der Waals surface area contributed by atoms with Gasteiger partial charge in [0.1, 0.15) is 27.6 Å². The second kappa shape index (κ2) is 11.8. The first-order valence-electron chi connectivity index (χ1n) is 14.4. The van der Waals surface area contributed by atoms with Crippen molar-refractivity contribution in [1.82, 2.24) is 25.1 Å². The summed E-state index contributed by atoms with van der Waals surface area (Å²) in [4.78, 5) is 37.5. The van der Waals surface area contributed by atoms with Crippen LogP contribution in [0.25, 0.3) is 10.9 Å². The third kappa shape index (κ3) is 7.02. The Kier molecular flexibility index (Phi) is 8.58. The molecule has 0 bridgehead atoms. The van der Waals surface area contributed by atoms with E-state index in [0.29, 0.717) is 22.2 Å². The molecule has 2 aliphatic rings. The van der Waals surface area contributed by atoms with Crippen molar-refractivity contribution < 1.29 is 23.8 Å². The fourth-order valence-corrected chi connectivity index (χ4v) is 6.67. The van der Waals surface area contributed by atoms with Gasteiger partial charge in [0, 0.05) is 28.8 Å². The van der Waals surface area contributed by atoms with Gasteiger partial charge in [-0.1, -0.05) is 23.4 Å². The summed E-state index contributed by atoms with van der Waals surface area (Å²) in [5.74, 6) is 0.785. The number of hydrogen-bond donors (Lipinski definition) is 1. The quantitative estimate of drug-likeness (QED) is 0.351. The third-order valence-electron chi connectivity index (χ3n) is 7.55. The normalized spacial score (nSPS) is 20.4. The largest absolute Gasteiger partial charge is 0.444 e. The number of nitrogens with one attached hydrogen (secondary N) is 1. The molecule has 4 heterocycles. The summed E-state index contributed by atoms with van der Waals surface area (Å²) in [5, 5.41) is 9.07. The number of aromatic nitrogens is 4. The van der Waals surface area contributed by atoms with Crippen LogP contribution in [0.1, 0.15) is 61.3 Å². The molecule has 1 aromatic carbocycles. The number of rotatable bonds is 4. The van der Waals surface area contributed by atoms with Crippen LogP contribution in [-0.2, 0) is 14.2 Å². The van der Waals surface area contributed by atoms with Crippen molar-refractivity contribution >= 4 is 52.3 Å². The Morgan fingerprint density at radius 1 is 1.05 bits per heavy atom. The molecule has 43 heavy (non-hydrogen) atoms. The van der Waals surface area contributed by atoms with Crippen molar-refractivity contribution in [1.29, 1.82) is 0 Å². The first-order valence-corrected chi connectivity index (χ1v) is 15.6. The highest BCUT2D eigenvalue weighted by Gasteiger charge is 2.50. The number of alkyl carbamates (subject to hydrolysis) is 1. The van der Waals surface area contributed by atoms with Crippen LogP contribution < -0.4 is 10.2 Å². The van der Waals surface area contributed by atoms with Gasteiger partial charge < -0.3 is 24.4 Å². The smallest absolute Gasteiger partial charge is 0.435 e. The highest BCUT2D eigenvalue weighted by molar-refractivity contribution is 7.99. The highest BCUT2D eigenvalue weighted by Crippen LogP contribution is 2.43. The molecule has 232 valence electrons. The lowest BCUT2D eigenvalue weighted by atomic mass is 9.73. The molecule has 1 spiro atoms. The average Bonchev–Trinajstić information content (AvgIpc) is 3.47.